The van der Waals surface area contributed by atoms with Gasteiger partial charge < -0.3 is 19.6 Å². The summed E-state index contributed by atoms with van der Waals surface area (Å²) in [5.41, 5.74) is 1.27. The van der Waals surface area contributed by atoms with E-state index in [9.17, 15) is 9.90 Å². The molecule has 0 amide bonds. The number of hydrogen-bond acceptors (Lipinski definition) is 5. The first-order valence-corrected chi connectivity index (χ1v) is 6.43. The molecule has 104 valence electrons. The highest BCUT2D eigenvalue weighted by Gasteiger charge is 2.18. The summed E-state index contributed by atoms with van der Waals surface area (Å²) < 4.78 is 5.00. The van der Waals surface area contributed by atoms with Gasteiger partial charge in [0.1, 0.15) is 5.75 Å². The Hall–Kier alpha value is -2.50. The highest BCUT2D eigenvalue weighted by Crippen LogP contribution is 2.34. The Morgan fingerprint density at radius 1 is 1.25 bits per heavy atom. The lowest BCUT2D eigenvalue weighted by Gasteiger charge is -2.18. The fraction of sp³-hybridized carbons (Fsp3) is 0.286. The van der Waals surface area contributed by atoms with Gasteiger partial charge in [-0.25, -0.2) is 4.79 Å². The van der Waals surface area contributed by atoms with Crippen LogP contribution in [0, 0.1) is 0 Å². The standard InChI is InChI=1S/C14H14N2O4/c17-12-4-3-9(16-5-1-2-6-16)7-10(12)13-8-11(14(18)19)15-20-13/h3-4,7-8,17H,1-2,5-6H2,(H,18,19). The Balaban J connectivity index is 1.98. The number of rotatable bonds is 3. The highest BCUT2D eigenvalue weighted by atomic mass is 16.5. The average Bonchev–Trinajstić information content (AvgIpc) is 3.10. The molecule has 1 fully saturated rings. The Bertz CT molecular complexity index is 644. The van der Waals surface area contributed by atoms with Gasteiger partial charge in [-0.05, 0) is 31.0 Å². The van der Waals surface area contributed by atoms with Gasteiger partial charge in [0.25, 0.3) is 0 Å². The number of benzene rings is 1. The predicted octanol–water partition coefficient (Wildman–Crippen LogP) is 2.35. The number of aromatic nitrogens is 1. The molecule has 0 atom stereocenters. The number of carboxylic acids is 1. The van der Waals surface area contributed by atoms with Crippen molar-refractivity contribution in [3.05, 3.63) is 30.0 Å². The fourth-order valence-corrected chi connectivity index (χ4v) is 2.40. The lowest BCUT2D eigenvalue weighted by molar-refractivity contribution is 0.0686. The molecule has 0 aliphatic carbocycles. The summed E-state index contributed by atoms with van der Waals surface area (Å²) in [4.78, 5) is 13.0. The molecule has 0 radical (unpaired) electrons. The van der Waals surface area contributed by atoms with Crippen molar-refractivity contribution in [2.24, 2.45) is 0 Å². The first kappa shape index (κ1) is 12.5. The quantitative estimate of drug-likeness (QED) is 0.893. The van der Waals surface area contributed by atoms with E-state index in [-0.39, 0.29) is 17.2 Å². The number of carbonyl (C=O) groups is 1. The SMILES string of the molecule is O=C(O)c1cc(-c2cc(N3CCCC3)ccc2O)on1. The van der Waals surface area contributed by atoms with Crippen molar-refractivity contribution in [2.75, 3.05) is 18.0 Å². The minimum atomic E-state index is -1.16. The van der Waals surface area contributed by atoms with E-state index < -0.39 is 5.97 Å². The molecule has 6 heteroatoms. The number of anilines is 1. The van der Waals surface area contributed by atoms with E-state index in [1.54, 1.807) is 12.1 Å². The van der Waals surface area contributed by atoms with Gasteiger partial charge in [0.2, 0.25) is 0 Å². The maximum Gasteiger partial charge on any atom is 0.358 e. The zero-order valence-corrected chi connectivity index (χ0v) is 10.7. The number of aromatic hydroxyl groups is 1. The van der Waals surface area contributed by atoms with Gasteiger partial charge in [-0.3, -0.25) is 0 Å². The monoisotopic (exact) mass is 274 g/mol. The Labute approximate surface area is 115 Å². The van der Waals surface area contributed by atoms with E-state index in [1.807, 2.05) is 6.07 Å². The molecule has 0 bridgehead atoms. The third-order valence-electron chi connectivity index (χ3n) is 3.45. The van der Waals surface area contributed by atoms with Crippen molar-refractivity contribution >= 4 is 11.7 Å². The van der Waals surface area contributed by atoms with Crippen LogP contribution in [-0.2, 0) is 0 Å². The Morgan fingerprint density at radius 2 is 2.00 bits per heavy atom. The molecule has 2 heterocycles. The van der Waals surface area contributed by atoms with Crippen LogP contribution in [0.25, 0.3) is 11.3 Å². The molecule has 3 rings (SSSR count). The zero-order valence-electron chi connectivity index (χ0n) is 10.7. The van der Waals surface area contributed by atoms with Gasteiger partial charge in [-0.2, -0.15) is 0 Å². The molecule has 1 saturated heterocycles. The van der Waals surface area contributed by atoms with Crippen LogP contribution in [0.5, 0.6) is 5.75 Å². The predicted molar refractivity (Wildman–Crippen MR) is 72.0 cm³/mol. The van der Waals surface area contributed by atoms with Crippen molar-refractivity contribution in [1.29, 1.82) is 0 Å². The summed E-state index contributed by atoms with van der Waals surface area (Å²) >= 11 is 0. The number of carboxylic acid groups (broad SMARTS) is 1. The molecule has 0 spiro atoms. The van der Waals surface area contributed by atoms with Crippen LogP contribution >= 0.6 is 0 Å². The normalized spacial score (nSPS) is 14.7. The van der Waals surface area contributed by atoms with Gasteiger partial charge in [-0.1, -0.05) is 5.16 Å². The minimum absolute atomic E-state index is 0.0426. The number of phenols is 1. The summed E-state index contributed by atoms with van der Waals surface area (Å²) in [6.45, 7) is 1.97. The molecule has 6 nitrogen and oxygen atoms in total. The second kappa shape index (κ2) is 4.88. The fourth-order valence-electron chi connectivity index (χ4n) is 2.40. The van der Waals surface area contributed by atoms with Crippen LogP contribution in [-0.4, -0.2) is 34.4 Å². The molecule has 2 N–H and O–H groups in total. The van der Waals surface area contributed by atoms with Gasteiger partial charge in [0.05, 0.1) is 5.56 Å². The van der Waals surface area contributed by atoms with Crippen molar-refractivity contribution < 1.29 is 19.5 Å². The maximum atomic E-state index is 10.8. The highest BCUT2D eigenvalue weighted by molar-refractivity contribution is 5.87. The summed E-state index contributed by atoms with van der Waals surface area (Å²) in [6.07, 6.45) is 2.31. The Kier molecular flexibility index (Phi) is 3.06. The van der Waals surface area contributed by atoms with E-state index in [0.717, 1.165) is 31.6 Å². The largest absolute Gasteiger partial charge is 0.507 e. The second-order valence-electron chi connectivity index (χ2n) is 4.78. The lowest BCUT2D eigenvalue weighted by atomic mass is 10.1. The lowest BCUT2D eigenvalue weighted by Crippen LogP contribution is -2.17. The van der Waals surface area contributed by atoms with Crippen LogP contribution in [0.4, 0.5) is 5.69 Å². The number of aromatic carboxylic acids is 1. The van der Waals surface area contributed by atoms with E-state index >= 15 is 0 Å². The van der Waals surface area contributed by atoms with Crippen molar-refractivity contribution in [3.8, 4) is 17.1 Å². The summed E-state index contributed by atoms with van der Waals surface area (Å²) in [5.74, 6) is -0.864. The van der Waals surface area contributed by atoms with E-state index in [0.29, 0.717) is 5.56 Å². The smallest absolute Gasteiger partial charge is 0.358 e. The van der Waals surface area contributed by atoms with E-state index in [2.05, 4.69) is 10.1 Å². The summed E-state index contributed by atoms with van der Waals surface area (Å²) in [6, 6.07) is 6.54. The number of phenolic OH excluding ortho intramolecular Hbond substituents is 1. The zero-order chi connectivity index (χ0) is 14.1. The topological polar surface area (TPSA) is 86.8 Å². The molecule has 0 unspecified atom stereocenters. The molecule has 2 aromatic rings. The van der Waals surface area contributed by atoms with Crippen LogP contribution in [0.1, 0.15) is 23.3 Å². The molecule has 1 aliphatic heterocycles. The van der Waals surface area contributed by atoms with Crippen LogP contribution < -0.4 is 4.90 Å². The molecule has 1 aromatic carbocycles. The molecule has 1 aromatic heterocycles. The average molecular weight is 274 g/mol. The maximum absolute atomic E-state index is 10.8. The number of nitrogens with zero attached hydrogens (tertiary/aromatic N) is 2. The van der Waals surface area contributed by atoms with Gasteiger partial charge in [0, 0.05) is 24.8 Å². The van der Waals surface area contributed by atoms with Crippen molar-refractivity contribution in [3.63, 3.8) is 0 Å². The van der Waals surface area contributed by atoms with Gasteiger partial charge in [0.15, 0.2) is 11.5 Å². The van der Waals surface area contributed by atoms with Gasteiger partial charge >= 0.3 is 5.97 Å². The van der Waals surface area contributed by atoms with Crippen molar-refractivity contribution in [1.82, 2.24) is 5.16 Å². The van der Waals surface area contributed by atoms with Crippen LogP contribution in [0.3, 0.4) is 0 Å². The minimum Gasteiger partial charge on any atom is -0.507 e. The van der Waals surface area contributed by atoms with Crippen molar-refractivity contribution in [2.45, 2.75) is 12.8 Å². The molecular weight excluding hydrogens is 260 g/mol. The molecular formula is C14H14N2O4. The molecule has 0 saturated carbocycles. The first-order chi connectivity index (χ1) is 9.65. The van der Waals surface area contributed by atoms with Crippen LogP contribution in [0.15, 0.2) is 28.8 Å². The second-order valence-corrected chi connectivity index (χ2v) is 4.78. The summed E-state index contributed by atoms with van der Waals surface area (Å²) in [7, 11) is 0. The van der Waals surface area contributed by atoms with E-state index in [1.165, 1.54) is 6.07 Å². The third kappa shape index (κ3) is 2.20. The molecule has 20 heavy (non-hydrogen) atoms. The van der Waals surface area contributed by atoms with Crippen LogP contribution in [0.2, 0.25) is 0 Å². The van der Waals surface area contributed by atoms with E-state index in [4.69, 9.17) is 9.63 Å². The number of hydrogen-bond donors (Lipinski definition) is 2. The summed E-state index contributed by atoms with van der Waals surface area (Å²) in [5, 5.41) is 22.2. The third-order valence-corrected chi connectivity index (χ3v) is 3.45. The molecule has 1 aliphatic rings. The Morgan fingerprint density at radius 3 is 2.65 bits per heavy atom. The van der Waals surface area contributed by atoms with Gasteiger partial charge in [-0.15, -0.1) is 0 Å². The first-order valence-electron chi connectivity index (χ1n) is 6.43.